The molecule has 0 saturated carbocycles. The highest BCUT2D eigenvalue weighted by molar-refractivity contribution is 6.34. The van der Waals surface area contributed by atoms with E-state index in [1.165, 1.54) is 34.0 Å². The Bertz CT molecular complexity index is 2210. The molecule has 0 aliphatic heterocycles. The minimum atomic E-state index is -1.22. The lowest BCUT2D eigenvalue weighted by Gasteiger charge is -2.17. The Hall–Kier alpha value is -4.99. The summed E-state index contributed by atoms with van der Waals surface area (Å²) in [6.07, 6.45) is 4.26. The molecule has 3 heterocycles. The van der Waals surface area contributed by atoms with Crippen LogP contribution in [0.3, 0.4) is 0 Å². The van der Waals surface area contributed by atoms with E-state index in [4.69, 9.17) is 23.2 Å². The Morgan fingerprint density at radius 1 is 0.905 bits per heavy atom. The Morgan fingerprint density at radius 2 is 1.67 bits per heavy atom. The van der Waals surface area contributed by atoms with Crippen LogP contribution >= 0.6 is 23.2 Å². The fourth-order valence-corrected chi connectivity index (χ4v) is 5.24. The number of hydrogen-bond acceptors (Lipinski definition) is 7. The Kier molecular flexibility index (Phi) is 6.76. The second-order valence-corrected chi connectivity index (χ2v) is 10.2. The molecule has 10 nitrogen and oxygen atoms in total. The zero-order chi connectivity index (χ0) is 29.7. The minimum Gasteiger partial charge on any atom is -0.289 e. The summed E-state index contributed by atoms with van der Waals surface area (Å²) in [4.78, 5) is 40.9. The van der Waals surface area contributed by atoms with E-state index in [0.717, 1.165) is 10.6 Å². The van der Waals surface area contributed by atoms with E-state index in [1.54, 1.807) is 31.3 Å². The molecule has 6 rings (SSSR count). The fourth-order valence-electron chi connectivity index (χ4n) is 4.79. The van der Waals surface area contributed by atoms with Crippen LogP contribution in [0.15, 0.2) is 64.7 Å². The molecule has 0 aliphatic rings. The van der Waals surface area contributed by atoms with Gasteiger partial charge in [0, 0.05) is 35.6 Å². The fraction of sp³-hybridized carbons (Fsp3) is 0.107. The third kappa shape index (κ3) is 4.58. The van der Waals surface area contributed by atoms with Crippen LogP contribution in [0.2, 0.25) is 10.0 Å². The topological polar surface area (TPSA) is 124 Å². The molecule has 14 heteroatoms. The Labute approximate surface area is 244 Å². The number of aromatic nitrogens is 7. The molecule has 3 aromatic carbocycles. The van der Waals surface area contributed by atoms with Crippen LogP contribution in [0.25, 0.3) is 33.1 Å². The summed E-state index contributed by atoms with van der Waals surface area (Å²) >= 11 is 12.4. The maximum absolute atomic E-state index is 14.3. The van der Waals surface area contributed by atoms with Gasteiger partial charge in [-0.2, -0.15) is 10.4 Å². The molecule has 0 fully saturated rings. The van der Waals surface area contributed by atoms with Gasteiger partial charge in [-0.15, -0.1) is 0 Å². The predicted octanol–water partition coefficient (Wildman–Crippen LogP) is 4.46. The average molecular weight is 605 g/mol. The summed E-state index contributed by atoms with van der Waals surface area (Å²) < 4.78 is 31.9. The quantitative estimate of drug-likeness (QED) is 0.210. The molecule has 0 atom stereocenters. The molecule has 42 heavy (non-hydrogen) atoms. The lowest BCUT2D eigenvalue weighted by atomic mass is 9.99. The van der Waals surface area contributed by atoms with Gasteiger partial charge < -0.3 is 0 Å². The normalized spacial score (nSPS) is 11.3. The lowest BCUT2D eigenvalue weighted by molar-refractivity contribution is 0.506. The monoisotopic (exact) mass is 604 g/mol. The van der Waals surface area contributed by atoms with Crippen molar-refractivity contribution in [3.8, 4) is 17.2 Å². The number of fused-ring (bicyclic) bond motifs is 3. The first-order chi connectivity index (χ1) is 20.2. The molecular weight excluding hydrogens is 589 g/mol. The van der Waals surface area contributed by atoms with Gasteiger partial charge in [0.2, 0.25) is 0 Å². The van der Waals surface area contributed by atoms with E-state index in [0.29, 0.717) is 22.2 Å². The van der Waals surface area contributed by atoms with Crippen molar-refractivity contribution in [1.82, 2.24) is 33.9 Å². The van der Waals surface area contributed by atoms with Crippen molar-refractivity contribution in [2.75, 3.05) is 0 Å². The first-order valence-electron chi connectivity index (χ1n) is 12.2. The standard InChI is InChI=1S/C28H16Cl2F2N8O2/c1-38-13-36-22(37-38)12-40-27(41)23-21(39(28(40)42)11-15-7-19(30)24(32)20(31)8-15)9-17(25-26(23)35-5-4-34-25)16-6-14(10-33)2-3-18(16)29/h2-9,13H,11-12H2,1H3. The van der Waals surface area contributed by atoms with Gasteiger partial charge in [-0.3, -0.25) is 28.6 Å². The number of nitriles is 1. The van der Waals surface area contributed by atoms with Crippen molar-refractivity contribution in [1.29, 1.82) is 5.26 Å². The molecule has 208 valence electrons. The Balaban J connectivity index is 1.73. The van der Waals surface area contributed by atoms with Gasteiger partial charge in [-0.25, -0.2) is 18.6 Å². The SMILES string of the molecule is Cn1cnc(Cn2c(=O)c3c4nccnc4c(-c4cc(C#N)ccc4Cl)cc3n(Cc3cc(F)c(F)c(Cl)c3)c2=O)n1. The van der Waals surface area contributed by atoms with Gasteiger partial charge >= 0.3 is 5.69 Å². The largest absolute Gasteiger partial charge is 0.332 e. The molecule has 3 aromatic heterocycles. The summed E-state index contributed by atoms with van der Waals surface area (Å²) in [6.45, 7) is -0.564. The molecule has 0 bridgehead atoms. The van der Waals surface area contributed by atoms with Gasteiger partial charge in [0.1, 0.15) is 11.8 Å². The third-order valence-electron chi connectivity index (χ3n) is 6.66. The number of halogens is 4. The number of rotatable bonds is 5. The summed E-state index contributed by atoms with van der Waals surface area (Å²) in [7, 11) is 1.64. The third-order valence-corrected chi connectivity index (χ3v) is 7.26. The number of hydrogen-bond donors (Lipinski definition) is 0. The molecule has 0 radical (unpaired) electrons. The van der Waals surface area contributed by atoms with Crippen LogP contribution in [0.1, 0.15) is 17.0 Å². The molecule has 6 aromatic rings. The second-order valence-electron chi connectivity index (χ2n) is 9.35. The molecule has 0 unspecified atom stereocenters. The highest BCUT2D eigenvalue weighted by Gasteiger charge is 2.22. The first kappa shape index (κ1) is 27.2. The predicted molar refractivity (Wildman–Crippen MR) is 151 cm³/mol. The number of nitrogens with zero attached hydrogens (tertiary/aromatic N) is 8. The maximum Gasteiger partial charge on any atom is 0.332 e. The molecular formula is C28H16Cl2F2N8O2. The minimum absolute atomic E-state index is 0.0404. The van der Waals surface area contributed by atoms with Crippen molar-refractivity contribution in [2.45, 2.75) is 13.1 Å². The molecule has 0 N–H and O–H groups in total. The molecule has 0 aliphatic carbocycles. The van der Waals surface area contributed by atoms with Gasteiger partial charge in [0.15, 0.2) is 17.5 Å². The summed E-state index contributed by atoms with van der Waals surface area (Å²) in [5, 5.41) is 13.5. The van der Waals surface area contributed by atoms with Crippen molar-refractivity contribution >= 4 is 45.1 Å². The van der Waals surface area contributed by atoms with Gasteiger partial charge in [0.25, 0.3) is 5.56 Å². The zero-order valence-corrected chi connectivity index (χ0v) is 23.0. The summed E-state index contributed by atoms with van der Waals surface area (Å²) in [6, 6.07) is 10.4. The van der Waals surface area contributed by atoms with Crippen LogP contribution in [0, 0.1) is 23.0 Å². The number of benzene rings is 3. The highest BCUT2D eigenvalue weighted by atomic mass is 35.5. The summed E-state index contributed by atoms with van der Waals surface area (Å²) in [5.41, 5.74) is 0.413. The summed E-state index contributed by atoms with van der Waals surface area (Å²) in [5.74, 6) is -2.22. The van der Waals surface area contributed by atoms with Crippen molar-refractivity contribution in [3.05, 3.63) is 115 Å². The Morgan fingerprint density at radius 3 is 2.36 bits per heavy atom. The van der Waals surface area contributed by atoms with E-state index in [1.807, 2.05) is 0 Å². The van der Waals surface area contributed by atoms with Gasteiger partial charge in [0.05, 0.1) is 46.2 Å². The highest BCUT2D eigenvalue weighted by Crippen LogP contribution is 2.36. The van der Waals surface area contributed by atoms with Crippen LogP contribution in [0.5, 0.6) is 0 Å². The maximum atomic E-state index is 14.3. The van der Waals surface area contributed by atoms with Gasteiger partial charge in [-0.05, 0) is 42.0 Å². The van der Waals surface area contributed by atoms with E-state index in [2.05, 4.69) is 26.1 Å². The van der Waals surface area contributed by atoms with Crippen LogP contribution < -0.4 is 11.2 Å². The zero-order valence-electron chi connectivity index (χ0n) is 21.5. The first-order valence-corrected chi connectivity index (χ1v) is 13.0. The second kappa shape index (κ2) is 10.4. The van der Waals surface area contributed by atoms with Crippen LogP contribution in [0.4, 0.5) is 8.78 Å². The van der Waals surface area contributed by atoms with E-state index < -0.39 is 27.9 Å². The number of aryl methyl sites for hydroxylation is 1. The molecule has 0 amide bonds. The molecule has 0 spiro atoms. The lowest BCUT2D eigenvalue weighted by Crippen LogP contribution is -2.41. The average Bonchev–Trinajstić information content (AvgIpc) is 3.40. The van der Waals surface area contributed by atoms with Crippen LogP contribution in [-0.2, 0) is 20.1 Å². The van der Waals surface area contributed by atoms with Crippen LogP contribution in [-0.4, -0.2) is 33.9 Å². The van der Waals surface area contributed by atoms with Crippen molar-refractivity contribution in [2.24, 2.45) is 7.05 Å². The molecule has 0 saturated heterocycles. The van der Waals surface area contributed by atoms with Crippen molar-refractivity contribution in [3.63, 3.8) is 0 Å². The van der Waals surface area contributed by atoms with E-state index in [-0.39, 0.29) is 45.9 Å². The smallest absolute Gasteiger partial charge is 0.289 e. The van der Waals surface area contributed by atoms with E-state index in [9.17, 15) is 23.6 Å². The van der Waals surface area contributed by atoms with Gasteiger partial charge in [-0.1, -0.05) is 23.2 Å². The van der Waals surface area contributed by atoms with Crippen molar-refractivity contribution < 1.29 is 8.78 Å². The van der Waals surface area contributed by atoms with E-state index >= 15 is 0 Å².